The van der Waals surface area contributed by atoms with E-state index >= 15 is 0 Å². The minimum Gasteiger partial charge on any atom is -0.378 e. The Bertz CT molecular complexity index is 426. The lowest BCUT2D eigenvalue weighted by atomic mass is 9.70. The summed E-state index contributed by atoms with van der Waals surface area (Å²) in [6.45, 7) is 2.99. The molecule has 0 atom stereocenters. The molecule has 1 nitrogen and oxygen atoms in total. The van der Waals surface area contributed by atoms with Crippen molar-refractivity contribution < 1.29 is 17.9 Å². The van der Waals surface area contributed by atoms with Crippen LogP contribution in [0.25, 0.3) is 0 Å². The molecule has 4 heteroatoms. The van der Waals surface area contributed by atoms with Crippen molar-refractivity contribution in [1.29, 1.82) is 0 Å². The van der Waals surface area contributed by atoms with Crippen LogP contribution in [0.2, 0.25) is 0 Å². The number of halogens is 3. The van der Waals surface area contributed by atoms with Gasteiger partial charge in [-0.25, -0.2) is 4.39 Å². The van der Waals surface area contributed by atoms with Gasteiger partial charge in [-0.3, -0.25) is 0 Å². The fourth-order valence-electron chi connectivity index (χ4n) is 4.46. The van der Waals surface area contributed by atoms with Crippen molar-refractivity contribution in [3.05, 3.63) is 24.1 Å². The van der Waals surface area contributed by atoms with Crippen LogP contribution < -0.4 is 0 Å². The Labute approximate surface area is 150 Å². The fraction of sp³-hybridized carbons (Fsp3) is 0.810. The second-order valence-electron chi connectivity index (χ2n) is 7.65. The molecule has 0 aromatic rings. The summed E-state index contributed by atoms with van der Waals surface area (Å²) in [5.74, 6) is -0.436. The van der Waals surface area contributed by atoms with E-state index in [0.29, 0.717) is 30.8 Å². The zero-order valence-electron chi connectivity index (χ0n) is 15.5. The zero-order chi connectivity index (χ0) is 18.1. The van der Waals surface area contributed by atoms with Crippen molar-refractivity contribution in [2.45, 2.75) is 83.7 Å². The van der Waals surface area contributed by atoms with Crippen LogP contribution in [0.5, 0.6) is 0 Å². The lowest BCUT2D eigenvalue weighted by molar-refractivity contribution is 0.00647. The van der Waals surface area contributed by atoms with Crippen LogP contribution in [0, 0.1) is 17.8 Å². The summed E-state index contributed by atoms with van der Waals surface area (Å²) in [6, 6.07) is 0. The molecule has 25 heavy (non-hydrogen) atoms. The Hall–Kier alpha value is -0.770. The van der Waals surface area contributed by atoms with E-state index in [2.05, 4.69) is 19.1 Å². The molecule has 0 amide bonds. The summed E-state index contributed by atoms with van der Waals surface area (Å²) in [7, 11) is 0. The number of hydrogen-bond acceptors (Lipinski definition) is 1. The minimum absolute atomic E-state index is 0.392. The molecule has 144 valence electrons. The first kappa shape index (κ1) is 20.5. The van der Waals surface area contributed by atoms with E-state index in [-0.39, 0.29) is 0 Å². The average molecular weight is 358 g/mol. The van der Waals surface area contributed by atoms with Gasteiger partial charge >= 0.3 is 6.08 Å². The molecule has 0 saturated heterocycles. The van der Waals surface area contributed by atoms with Gasteiger partial charge in [0, 0.05) is 12.5 Å². The fourth-order valence-corrected chi connectivity index (χ4v) is 4.46. The van der Waals surface area contributed by atoms with E-state index < -0.39 is 17.8 Å². The van der Waals surface area contributed by atoms with Crippen molar-refractivity contribution in [1.82, 2.24) is 0 Å². The van der Waals surface area contributed by atoms with Crippen molar-refractivity contribution in [2.75, 3.05) is 6.61 Å². The Balaban J connectivity index is 1.61. The summed E-state index contributed by atoms with van der Waals surface area (Å²) < 4.78 is 44.1. The third-order valence-electron chi connectivity index (χ3n) is 5.97. The monoisotopic (exact) mass is 358 g/mol. The van der Waals surface area contributed by atoms with Crippen molar-refractivity contribution in [3.8, 4) is 0 Å². The van der Waals surface area contributed by atoms with Gasteiger partial charge in [-0.15, -0.1) is 0 Å². The normalized spacial score (nSPS) is 30.6. The van der Waals surface area contributed by atoms with Gasteiger partial charge in [0.15, 0.2) is 5.83 Å². The standard InChI is InChI=1S/C21H33F3O/c1-2-3-4-5-6-15-25-19-13-11-17(12-14-19)16-7-9-18(10-8-16)20(22)21(23)24/h3-4,16-19H,2,5-15H2,1H3/b4-3+. The van der Waals surface area contributed by atoms with Crippen LogP contribution in [-0.2, 0) is 4.74 Å². The lowest BCUT2D eigenvalue weighted by Crippen LogP contribution is -2.29. The van der Waals surface area contributed by atoms with Gasteiger partial charge in [-0.2, -0.15) is 8.78 Å². The maximum absolute atomic E-state index is 13.4. The SMILES string of the molecule is CC/C=C/CCCOC1CCC(C2CCC(C(F)=C(F)F)CC2)CC1. The molecule has 0 aromatic carbocycles. The van der Waals surface area contributed by atoms with Crippen LogP contribution in [0.3, 0.4) is 0 Å². The van der Waals surface area contributed by atoms with E-state index in [1.54, 1.807) is 0 Å². The van der Waals surface area contributed by atoms with Gasteiger partial charge in [0.05, 0.1) is 6.10 Å². The van der Waals surface area contributed by atoms with Gasteiger partial charge in [0.25, 0.3) is 0 Å². The topological polar surface area (TPSA) is 9.23 Å². The first-order valence-electron chi connectivity index (χ1n) is 10.1. The van der Waals surface area contributed by atoms with Crippen molar-refractivity contribution in [2.24, 2.45) is 17.8 Å². The molecule has 0 spiro atoms. The Morgan fingerprint density at radius 1 is 0.880 bits per heavy atom. The molecule has 0 radical (unpaired) electrons. The molecule has 0 N–H and O–H groups in total. The van der Waals surface area contributed by atoms with Crippen LogP contribution in [0.4, 0.5) is 13.2 Å². The number of rotatable bonds is 8. The summed E-state index contributed by atoms with van der Waals surface area (Å²) in [5, 5.41) is 0. The second-order valence-corrected chi connectivity index (χ2v) is 7.65. The number of ether oxygens (including phenoxy) is 1. The first-order valence-corrected chi connectivity index (χ1v) is 10.1. The van der Waals surface area contributed by atoms with E-state index in [0.717, 1.165) is 51.6 Å². The lowest BCUT2D eigenvalue weighted by Gasteiger charge is -2.37. The van der Waals surface area contributed by atoms with Gasteiger partial charge in [-0.1, -0.05) is 19.1 Å². The number of allylic oxidation sites excluding steroid dienone is 3. The average Bonchev–Trinajstić information content (AvgIpc) is 2.64. The van der Waals surface area contributed by atoms with E-state index in [1.807, 2.05) is 0 Å². The highest BCUT2D eigenvalue weighted by atomic mass is 19.3. The highest BCUT2D eigenvalue weighted by Gasteiger charge is 2.33. The van der Waals surface area contributed by atoms with Crippen LogP contribution in [-0.4, -0.2) is 12.7 Å². The maximum Gasteiger partial charge on any atom is 0.301 e. The number of unbranched alkanes of at least 4 members (excludes halogenated alkanes) is 1. The van der Waals surface area contributed by atoms with Gasteiger partial charge in [0.1, 0.15) is 0 Å². The van der Waals surface area contributed by atoms with Crippen LogP contribution >= 0.6 is 0 Å². The third-order valence-corrected chi connectivity index (χ3v) is 5.97. The summed E-state index contributed by atoms with van der Waals surface area (Å²) in [5.41, 5.74) is 0. The Morgan fingerprint density at radius 3 is 2.04 bits per heavy atom. The van der Waals surface area contributed by atoms with Crippen molar-refractivity contribution in [3.63, 3.8) is 0 Å². The molecule has 0 aromatic heterocycles. The summed E-state index contributed by atoms with van der Waals surface area (Å²) in [4.78, 5) is 0. The van der Waals surface area contributed by atoms with E-state index in [9.17, 15) is 13.2 Å². The van der Waals surface area contributed by atoms with Gasteiger partial charge in [-0.05, 0) is 82.5 Å². The molecule has 0 unspecified atom stereocenters. The molecule has 2 fully saturated rings. The molecule has 2 aliphatic rings. The van der Waals surface area contributed by atoms with E-state index in [4.69, 9.17) is 4.74 Å². The second kappa shape index (κ2) is 11.1. The molecule has 0 aliphatic heterocycles. The molecule has 2 rings (SSSR count). The van der Waals surface area contributed by atoms with Crippen molar-refractivity contribution >= 4 is 0 Å². The quantitative estimate of drug-likeness (QED) is 0.329. The van der Waals surface area contributed by atoms with Gasteiger partial charge in [0.2, 0.25) is 0 Å². The smallest absolute Gasteiger partial charge is 0.301 e. The van der Waals surface area contributed by atoms with Gasteiger partial charge < -0.3 is 4.74 Å². The predicted octanol–water partition coefficient (Wildman–Crippen LogP) is 7.19. The van der Waals surface area contributed by atoms with E-state index in [1.165, 1.54) is 12.8 Å². The zero-order valence-corrected chi connectivity index (χ0v) is 15.5. The molecule has 2 saturated carbocycles. The molecular weight excluding hydrogens is 325 g/mol. The Kier molecular flexibility index (Phi) is 9.08. The molecule has 0 bridgehead atoms. The largest absolute Gasteiger partial charge is 0.378 e. The number of hydrogen-bond donors (Lipinski definition) is 0. The van der Waals surface area contributed by atoms with Crippen LogP contribution in [0.15, 0.2) is 24.1 Å². The predicted molar refractivity (Wildman–Crippen MR) is 96.2 cm³/mol. The summed E-state index contributed by atoms with van der Waals surface area (Å²) in [6.07, 6.45) is 13.5. The maximum atomic E-state index is 13.4. The highest BCUT2D eigenvalue weighted by Crippen LogP contribution is 2.43. The minimum atomic E-state index is -2.12. The first-order chi connectivity index (χ1) is 12.1. The molecule has 0 heterocycles. The molecular formula is C21H33F3O. The third kappa shape index (κ3) is 6.80. The Morgan fingerprint density at radius 2 is 1.48 bits per heavy atom. The highest BCUT2D eigenvalue weighted by molar-refractivity contribution is 5.00. The van der Waals surface area contributed by atoms with Crippen LogP contribution in [0.1, 0.15) is 77.6 Å². The molecule has 2 aliphatic carbocycles. The summed E-state index contributed by atoms with van der Waals surface area (Å²) >= 11 is 0.